The fraction of sp³-hybridized carbons (Fsp3) is 0.219. The molecule has 0 aliphatic carbocycles. The molecular formula is C32H29ClN2O4S. The van der Waals surface area contributed by atoms with Crippen molar-refractivity contribution in [2.45, 2.75) is 42.7 Å². The number of fused-ring (bicyclic) bond motifs is 2. The third-order valence-corrected chi connectivity index (χ3v) is 9.93. The van der Waals surface area contributed by atoms with Crippen molar-refractivity contribution in [2.75, 3.05) is 11.4 Å². The number of amides is 1. The van der Waals surface area contributed by atoms with Gasteiger partial charge in [-0.25, -0.2) is 12.7 Å². The normalized spacial score (nSPS) is 23.0. The molecule has 4 aromatic rings. The highest BCUT2D eigenvalue weighted by molar-refractivity contribution is 7.93. The number of hydrogen-bond acceptors (Lipinski definition) is 5. The first-order chi connectivity index (χ1) is 19.1. The first-order valence-electron chi connectivity index (χ1n) is 13.1. The molecule has 1 amide bonds. The van der Waals surface area contributed by atoms with Gasteiger partial charge in [0.1, 0.15) is 11.5 Å². The van der Waals surface area contributed by atoms with E-state index in [0.29, 0.717) is 16.3 Å². The van der Waals surface area contributed by atoms with Crippen LogP contribution in [0.3, 0.4) is 0 Å². The van der Waals surface area contributed by atoms with Gasteiger partial charge in [-0.05, 0) is 60.9 Å². The Hall–Kier alpha value is -3.49. The zero-order chi connectivity index (χ0) is 28.2. The van der Waals surface area contributed by atoms with Gasteiger partial charge in [-0.3, -0.25) is 9.63 Å². The number of hydroxylamine groups is 2. The molecular weight excluding hydrogens is 544 g/mol. The van der Waals surface area contributed by atoms with Gasteiger partial charge in [-0.15, -0.1) is 0 Å². The van der Waals surface area contributed by atoms with Crippen LogP contribution in [0.1, 0.15) is 46.4 Å². The number of halogens is 1. The lowest BCUT2D eigenvalue weighted by molar-refractivity contribution is -0.258. The molecule has 0 N–H and O–H groups in total. The van der Waals surface area contributed by atoms with Gasteiger partial charge in [0.05, 0.1) is 16.6 Å². The molecule has 1 fully saturated rings. The van der Waals surface area contributed by atoms with Gasteiger partial charge in [0.25, 0.3) is 15.9 Å². The molecule has 1 saturated heterocycles. The zero-order valence-corrected chi connectivity index (χ0v) is 24.0. The van der Waals surface area contributed by atoms with E-state index in [-0.39, 0.29) is 11.3 Å². The number of nitrogens with zero attached hydrogens (tertiary/aromatic N) is 2. The van der Waals surface area contributed by atoms with Crippen LogP contribution < -0.4 is 4.31 Å². The molecule has 0 unspecified atom stereocenters. The summed E-state index contributed by atoms with van der Waals surface area (Å²) >= 11 is 6.55. The molecule has 2 aliphatic rings. The highest BCUT2D eigenvalue weighted by Gasteiger charge is 2.63. The third kappa shape index (κ3) is 4.16. The van der Waals surface area contributed by atoms with Crippen molar-refractivity contribution < 1.29 is 18.0 Å². The van der Waals surface area contributed by atoms with E-state index in [1.54, 1.807) is 54.6 Å². The van der Waals surface area contributed by atoms with Crippen LogP contribution in [0.2, 0.25) is 5.02 Å². The van der Waals surface area contributed by atoms with Crippen LogP contribution in [0.4, 0.5) is 5.69 Å². The van der Waals surface area contributed by atoms with E-state index in [9.17, 15) is 13.2 Å². The van der Waals surface area contributed by atoms with E-state index in [2.05, 4.69) is 0 Å². The van der Waals surface area contributed by atoms with Gasteiger partial charge in [-0.2, -0.15) is 5.06 Å². The lowest BCUT2D eigenvalue weighted by atomic mass is 9.67. The zero-order valence-electron chi connectivity index (χ0n) is 22.4. The van der Waals surface area contributed by atoms with Gasteiger partial charge in [0, 0.05) is 18.5 Å². The number of hydrogen-bond donors (Lipinski definition) is 0. The second-order valence-corrected chi connectivity index (χ2v) is 12.8. The van der Waals surface area contributed by atoms with Crippen LogP contribution in [-0.2, 0) is 25.1 Å². The summed E-state index contributed by atoms with van der Waals surface area (Å²) in [7, 11) is -2.44. The average molecular weight is 573 g/mol. The summed E-state index contributed by atoms with van der Waals surface area (Å²) in [5, 5.41) is 2.13. The number of carbonyl (C=O) groups excluding carboxylic acids is 1. The van der Waals surface area contributed by atoms with E-state index in [0.717, 1.165) is 26.6 Å². The van der Waals surface area contributed by atoms with Crippen LogP contribution in [0, 0.1) is 13.8 Å². The van der Waals surface area contributed by atoms with Crippen molar-refractivity contribution >= 4 is 33.2 Å². The van der Waals surface area contributed by atoms with E-state index in [1.807, 2.05) is 68.4 Å². The Kier molecular flexibility index (Phi) is 6.58. The molecule has 2 aliphatic heterocycles. The molecule has 3 atom stereocenters. The lowest BCUT2D eigenvalue weighted by Crippen LogP contribution is -2.55. The Labute approximate surface area is 239 Å². The largest absolute Gasteiger partial charge is 0.291 e. The number of anilines is 1. The van der Waals surface area contributed by atoms with Gasteiger partial charge in [0.2, 0.25) is 0 Å². The number of benzene rings is 4. The van der Waals surface area contributed by atoms with Gasteiger partial charge < -0.3 is 0 Å². The summed E-state index contributed by atoms with van der Waals surface area (Å²) in [6, 6.07) is 28.5. The second kappa shape index (κ2) is 9.85. The molecule has 1 spiro atoms. The van der Waals surface area contributed by atoms with E-state index in [4.69, 9.17) is 16.4 Å². The number of likely N-dealkylation sites (N-methyl/N-ethyl adjacent to an activating group) is 1. The molecule has 0 aromatic heterocycles. The fourth-order valence-electron chi connectivity index (χ4n) is 6.07. The Morgan fingerprint density at radius 2 is 1.48 bits per heavy atom. The monoisotopic (exact) mass is 572 g/mol. The van der Waals surface area contributed by atoms with Crippen LogP contribution in [0.15, 0.2) is 102 Å². The Morgan fingerprint density at radius 1 is 0.850 bits per heavy atom. The average Bonchev–Trinajstić information content (AvgIpc) is 3.17. The molecule has 40 heavy (non-hydrogen) atoms. The minimum Gasteiger partial charge on any atom is -0.291 e. The van der Waals surface area contributed by atoms with Crippen LogP contribution in [-0.4, -0.2) is 26.4 Å². The standard InChI is InChI=1S/C32H29ClN2O4S/c1-21-9-13-23(14-10-21)29-20-32(30(34(3)39-29)24-7-5-4-6-8-24)27-19-25(33)15-18-28(27)35(31(32)36)40(37,38)26-16-11-22(2)12-17-26/h4-19,29-30H,20H2,1-3H3/t29-,30+,32-/m0/s1. The minimum atomic E-state index is -4.24. The molecule has 204 valence electrons. The van der Waals surface area contributed by atoms with Crippen molar-refractivity contribution in [2.24, 2.45) is 0 Å². The maximum absolute atomic E-state index is 14.9. The first-order valence-corrected chi connectivity index (χ1v) is 14.9. The predicted molar refractivity (Wildman–Crippen MR) is 156 cm³/mol. The summed E-state index contributed by atoms with van der Waals surface area (Å²) in [6.45, 7) is 3.90. The molecule has 0 radical (unpaired) electrons. The summed E-state index contributed by atoms with van der Waals surface area (Å²) in [4.78, 5) is 21.4. The highest BCUT2D eigenvalue weighted by atomic mass is 35.5. The second-order valence-electron chi connectivity index (χ2n) is 10.6. The van der Waals surface area contributed by atoms with Crippen molar-refractivity contribution in [3.05, 3.63) is 130 Å². The third-order valence-electron chi connectivity index (χ3n) is 7.98. The predicted octanol–water partition coefficient (Wildman–Crippen LogP) is 6.68. The van der Waals surface area contributed by atoms with E-state index < -0.39 is 33.5 Å². The molecule has 8 heteroatoms. The Balaban J connectivity index is 1.60. The number of sulfonamides is 1. The summed E-state index contributed by atoms with van der Waals surface area (Å²) in [5.41, 5.74) is 3.35. The molecule has 6 rings (SSSR count). The van der Waals surface area contributed by atoms with Gasteiger partial charge in [-0.1, -0.05) is 89.5 Å². The van der Waals surface area contributed by atoms with E-state index >= 15 is 0 Å². The summed E-state index contributed by atoms with van der Waals surface area (Å²) in [6.07, 6.45) is -0.269. The number of aryl methyl sites for hydroxylation is 2. The lowest BCUT2D eigenvalue weighted by Gasteiger charge is -2.48. The molecule has 6 nitrogen and oxygen atoms in total. The number of carbonyl (C=O) groups is 1. The molecule has 0 bridgehead atoms. The minimum absolute atomic E-state index is 0.0520. The van der Waals surface area contributed by atoms with Crippen LogP contribution in [0.5, 0.6) is 0 Å². The van der Waals surface area contributed by atoms with Crippen molar-refractivity contribution in [3.8, 4) is 0 Å². The van der Waals surface area contributed by atoms with Gasteiger partial charge >= 0.3 is 0 Å². The Bertz CT molecular complexity index is 1690. The van der Waals surface area contributed by atoms with Crippen LogP contribution >= 0.6 is 11.6 Å². The van der Waals surface area contributed by atoms with Gasteiger partial charge in [0.15, 0.2) is 0 Å². The molecule has 4 aromatic carbocycles. The quantitative estimate of drug-likeness (QED) is 0.273. The smallest absolute Gasteiger partial charge is 0.270 e. The topological polar surface area (TPSA) is 66.9 Å². The highest BCUT2D eigenvalue weighted by Crippen LogP contribution is 2.59. The first kappa shape index (κ1) is 26.7. The van der Waals surface area contributed by atoms with Crippen molar-refractivity contribution in [1.82, 2.24) is 5.06 Å². The van der Waals surface area contributed by atoms with Crippen molar-refractivity contribution in [1.29, 1.82) is 0 Å². The maximum atomic E-state index is 14.9. The summed E-state index contributed by atoms with van der Waals surface area (Å²) < 4.78 is 29.3. The van der Waals surface area contributed by atoms with E-state index in [1.165, 1.54) is 0 Å². The maximum Gasteiger partial charge on any atom is 0.270 e. The van der Waals surface area contributed by atoms with Crippen LogP contribution in [0.25, 0.3) is 0 Å². The number of rotatable bonds is 4. The molecule has 2 heterocycles. The van der Waals surface area contributed by atoms with Crippen molar-refractivity contribution in [3.63, 3.8) is 0 Å². The molecule has 0 saturated carbocycles. The fourth-order valence-corrected chi connectivity index (χ4v) is 7.73. The SMILES string of the molecule is Cc1ccc([C@@H]2C[C@@]3(C(=O)N(S(=O)(=O)c4ccc(C)cc4)c4ccc(Cl)cc43)[C@@H](c3ccccc3)N(C)O2)cc1. The summed E-state index contributed by atoms with van der Waals surface area (Å²) in [5.74, 6) is -0.522. The Morgan fingerprint density at radius 3 is 2.12 bits per heavy atom.